The first kappa shape index (κ1) is 30.5. The standard InChI is InChI=1S/C27H32Cl2N6O.C6H11NS/c1-5-21(36)33-14-27(15-33)11-17(12-27)35-16(2)22(25(32-35)34-9-7-6-8-26(34,3)4)23-18-13-30-31-20(18)10-19(28)24(23)29;1-7-2-6(3-7)4-8-5-6/h5,10,13,17H,1,6-9,11-12,14-15H2,2-4H3,(H,30,31);2-5H2,1H3. The van der Waals surface area contributed by atoms with E-state index in [1.165, 1.54) is 37.1 Å². The van der Waals surface area contributed by atoms with E-state index in [-0.39, 0.29) is 16.9 Å². The summed E-state index contributed by atoms with van der Waals surface area (Å²) in [5, 5.41) is 14.6. The van der Waals surface area contributed by atoms with Crippen LogP contribution in [-0.4, -0.2) is 92.5 Å². The van der Waals surface area contributed by atoms with E-state index in [1.807, 2.05) is 17.2 Å². The maximum absolute atomic E-state index is 12.0. The maximum atomic E-state index is 12.0. The number of nitrogens with one attached hydrogen (secondary N) is 1. The molecule has 6 heterocycles. The topological polar surface area (TPSA) is 73.3 Å². The number of fused-ring (bicyclic) bond motifs is 1. The van der Waals surface area contributed by atoms with Gasteiger partial charge in [-0.1, -0.05) is 29.8 Å². The highest BCUT2D eigenvalue weighted by Crippen LogP contribution is 2.56. The Labute approximate surface area is 274 Å². The molecule has 8 nitrogen and oxygen atoms in total. The minimum absolute atomic E-state index is 0.0143. The van der Waals surface area contributed by atoms with Gasteiger partial charge in [0.25, 0.3) is 0 Å². The number of rotatable bonds is 4. The van der Waals surface area contributed by atoms with Crippen molar-refractivity contribution in [3.05, 3.63) is 40.7 Å². The lowest BCUT2D eigenvalue weighted by Crippen LogP contribution is -2.63. The number of aromatic amines is 1. The summed E-state index contributed by atoms with van der Waals surface area (Å²) in [4.78, 5) is 18.7. The molecule has 8 rings (SSSR count). The van der Waals surface area contributed by atoms with Gasteiger partial charge in [0.05, 0.1) is 27.8 Å². The van der Waals surface area contributed by atoms with Gasteiger partial charge >= 0.3 is 0 Å². The Kier molecular flexibility index (Phi) is 7.58. The van der Waals surface area contributed by atoms with Crippen molar-refractivity contribution < 1.29 is 4.79 Å². The molecule has 5 fully saturated rings. The van der Waals surface area contributed by atoms with Crippen LogP contribution in [0.3, 0.4) is 0 Å². The Morgan fingerprint density at radius 3 is 2.43 bits per heavy atom. The van der Waals surface area contributed by atoms with E-state index >= 15 is 0 Å². The van der Waals surface area contributed by atoms with Crippen LogP contribution in [0.25, 0.3) is 22.0 Å². The Hall–Kier alpha value is -2.20. The summed E-state index contributed by atoms with van der Waals surface area (Å²) in [6, 6.07) is 2.13. The van der Waals surface area contributed by atoms with Gasteiger partial charge in [-0.3, -0.25) is 14.6 Å². The first-order valence-electron chi connectivity index (χ1n) is 15.8. The van der Waals surface area contributed by atoms with E-state index in [9.17, 15) is 4.79 Å². The summed E-state index contributed by atoms with van der Waals surface area (Å²) in [6.07, 6.45) is 8.73. The number of benzene rings is 1. The molecule has 3 aromatic rings. The number of amides is 1. The third-order valence-corrected chi connectivity index (χ3v) is 13.1. The number of piperidine rings is 1. The molecule has 4 saturated heterocycles. The van der Waals surface area contributed by atoms with Gasteiger partial charge in [0.15, 0.2) is 5.82 Å². The van der Waals surface area contributed by atoms with E-state index in [0.717, 1.165) is 84.3 Å². The first-order chi connectivity index (χ1) is 20.9. The van der Waals surface area contributed by atoms with E-state index in [1.54, 1.807) is 0 Å². The monoisotopic (exact) mass is 655 g/mol. The van der Waals surface area contributed by atoms with E-state index < -0.39 is 0 Å². The Morgan fingerprint density at radius 1 is 1.11 bits per heavy atom. The first-order valence-corrected chi connectivity index (χ1v) is 17.7. The third kappa shape index (κ3) is 4.97. The Bertz CT molecular complexity index is 1600. The summed E-state index contributed by atoms with van der Waals surface area (Å²) in [5.74, 6) is 3.85. The van der Waals surface area contributed by atoms with Crippen molar-refractivity contribution in [3.63, 3.8) is 0 Å². The molecule has 0 bridgehead atoms. The van der Waals surface area contributed by atoms with Gasteiger partial charge in [-0.05, 0) is 72.1 Å². The molecule has 0 atom stereocenters. The number of aromatic nitrogens is 4. The molecule has 1 N–H and O–H groups in total. The van der Waals surface area contributed by atoms with Gasteiger partial charge in [0.1, 0.15) is 0 Å². The average Bonchev–Trinajstić information content (AvgIpc) is 3.49. The maximum Gasteiger partial charge on any atom is 0.245 e. The van der Waals surface area contributed by atoms with E-state index in [0.29, 0.717) is 16.1 Å². The highest BCUT2D eigenvalue weighted by atomic mass is 35.5. The second kappa shape index (κ2) is 11.0. The predicted octanol–water partition coefficient (Wildman–Crippen LogP) is 6.83. The molecule has 4 aliphatic heterocycles. The number of halogens is 2. The van der Waals surface area contributed by atoms with Gasteiger partial charge in [-0.15, -0.1) is 0 Å². The van der Waals surface area contributed by atoms with Crippen molar-refractivity contribution in [2.75, 3.05) is 56.2 Å². The molecule has 0 radical (unpaired) electrons. The molecule has 0 unspecified atom stereocenters. The Balaban J connectivity index is 0.000000336. The molecule has 44 heavy (non-hydrogen) atoms. The molecule has 1 aliphatic carbocycles. The van der Waals surface area contributed by atoms with Crippen LogP contribution in [0.1, 0.15) is 57.7 Å². The van der Waals surface area contributed by atoms with Gasteiger partial charge in [0, 0.05) is 82.8 Å². The Morgan fingerprint density at radius 2 is 1.84 bits per heavy atom. The number of H-pyrrole nitrogens is 1. The van der Waals surface area contributed by atoms with Gasteiger partial charge < -0.3 is 14.7 Å². The summed E-state index contributed by atoms with van der Waals surface area (Å²) < 4.78 is 2.21. The lowest BCUT2D eigenvalue weighted by molar-refractivity contribution is -0.149. The van der Waals surface area contributed by atoms with Crippen molar-refractivity contribution in [1.29, 1.82) is 0 Å². The fraction of sp³-hybridized carbons (Fsp3) is 0.606. The molecule has 1 saturated carbocycles. The fourth-order valence-electron chi connectivity index (χ4n) is 8.37. The summed E-state index contributed by atoms with van der Waals surface area (Å²) in [6.45, 7) is 15.7. The number of carbonyl (C=O) groups excluding carboxylic acids is 1. The predicted molar refractivity (Wildman–Crippen MR) is 182 cm³/mol. The largest absolute Gasteiger partial charge is 0.350 e. The average molecular weight is 657 g/mol. The van der Waals surface area contributed by atoms with Crippen LogP contribution in [-0.2, 0) is 4.79 Å². The zero-order valence-corrected chi connectivity index (χ0v) is 28.6. The number of hydrogen-bond acceptors (Lipinski definition) is 6. The van der Waals surface area contributed by atoms with Crippen LogP contribution >= 0.6 is 35.0 Å². The van der Waals surface area contributed by atoms with Gasteiger partial charge in [-0.2, -0.15) is 22.0 Å². The third-order valence-electron chi connectivity index (χ3n) is 10.7. The smallest absolute Gasteiger partial charge is 0.245 e. The molecule has 1 amide bonds. The van der Waals surface area contributed by atoms with Crippen LogP contribution in [0.4, 0.5) is 5.82 Å². The minimum Gasteiger partial charge on any atom is -0.350 e. The molecule has 11 heteroatoms. The van der Waals surface area contributed by atoms with E-state index in [4.69, 9.17) is 28.3 Å². The van der Waals surface area contributed by atoms with Crippen molar-refractivity contribution in [2.45, 2.75) is 64.5 Å². The van der Waals surface area contributed by atoms with Crippen LogP contribution in [0.15, 0.2) is 24.9 Å². The number of thioether (sulfide) groups is 1. The van der Waals surface area contributed by atoms with Crippen molar-refractivity contribution in [3.8, 4) is 11.1 Å². The quantitative estimate of drug-likeness (QED) is 0.311. The summed E-state index contributed by atoms with van der Waals surface area (Å²) >= 11 is 15.6. The number of anilines is 1. The van der Waals surface area contributed by atoms with Gasteiger partial charge in [-0.25, -0.2) is 0 Å². The molecule has 2 aromatic heterocycles. The highest BCUT2D eigenvalue weighted by molar-refractivity contribution is 8.00. The zero-order chi connectivity index (χ0) is 31.0. The molecule has 1 aromatic carbocycles. The highest BCUT2D eigenvalue weighted by Gasteiger charge is 2.54. The van der Waals surface area contributed by atoms with Crippen LogP contribution in [0, 0.1) is 17.8 Å². The van der Waals surface area contributed by atoms with Gasteiger partial charge in [0.2, 0.25) is 5.91 Å². The molecule has 2 spiro atoms. The number of nitrogens with zero attached hydrogens (tertiary/aromatic N) is 6. The van der Waals surface area contributed by atoms with Crippen molar-refractivity contribution in [2.24, 2.45) is 10.8 Å². The number of hydrogen-bond donors (Lipinski definition) is 1. The summed E-state index contributed by atoms with van der Waals surface area (Å²) in [5.41, 5.74) is 4.89. The second-order valence-electron chi connectivity index (χ2n) is 14.7. The zero-order valence-electron chi connectivity index (χ0n) is 26.3. The fourth-order valence-corrected chi connectivity index (χ4v) is 9.97. The van der Waals surface area contributed by atoms with Crippen LogP contribution < -0.4 is 4.90 Å². The van der Waals surface area contributed by atoms with Crippen molar-refractivity contribution >= 4 is 57.6 Å². The normalized spacial score (nSPS) is 23.4. The van der Waals surface area contributed by atoms with E-state index in [2.05, 4.69) is 70.8 Å². The summed E-state index contributed by atoms with van der Waals surface area (Å²) in [7, 11) is 2.20. The van der Waals surface area contributed by atoms with Crippen molar-refractivity contribution in [1.82, 2.24) is 29.8 Å². The minimum atomic E-state index is -0.0143. The lowest BCUT2D eigenvalue weighted by Gasteiger charge is -2.58. The molecular weight excluding hydrogens is 613 g/mol. The lowest BCUT2D eigenvalue weighted by atomic mass is 9.60. The number of carbonyl (C=O) groups is 1. The SMILES string of the molecule is C=CC(=O)N1CC2(CC(n3nc(N4CCCCC4(C)C)c(-c4c(Cl)c(Cl)cc5[nH]ncc45)c3C)C2)C1.CN1CC2(CSC2)C1. The molecule has 236 valence electrons. The van der Waals surface area contributed by atoms with Crippen LogP contribution in [0.5, 0.6) is 0 Å². The molecular formula is C33H43Cl2N7OS. The second-order valence-corrected chi connectivity index (χ2v) is 16.4. The number of likely N-dealkylation sites (tertiary alicyclic amines) is 2. The van der Waals surface area contributed by atoms with Crippen LogP contribution in [0.2, 0.25) is 10.0 Å². The molecule has 5 aliphatic rings.